The van der Waals surface area contributed by atoms with Crippen LogP contribution in [0.1, 0.15) is 52.7 Å². The van der Waals surface area contributed by atoms with Crippen molar-refractivity contribution in [2.45, 2.75) is 52.4 Å². The van der Waals surface area contributed by atoms with Gasteiger partial charge in [0.2, 0.25) is 5.95 Å². The molecule has 0 bridgehead atoms. The second kappa shape index (κ2) is 13.9. The van der Waals surface area contributed by atoms with Crippen molar-refractivity contribution in [2.24, 2.45) is 7.05 Å². The van der Waals surface area contributed by atoms with Gasteiger partial charge in [0.25, 0.3) is 0 Å². The number of para-hydroxylation sites is 3. The average Bonchev–Trinajstić information content (AvgIpc) is 3.86. The van der Waals surface area contributed by atoms with Crippen LogP contribution < -0.4 is 14.5 Å². The number of imidazole rings is 1. The molecule has 0 N–H and O–H groups in total. The predicted molar refractivity (Wildman–Crippen MR) is 236 cm³/mol. The molecule has 0 fully saturated rings. The third-order valence-electron chi connectivity index (χ3n) is 11.3. The molecule has 0 radical (unpaired) electrons. The molecule has 0 atom stereocenters. The molecule has 0 saturated heterocycles. The second-order valence-corrected chi connectivity index (χ2v) is 17.2. The van der Waals surface area contributed by atoms with Crippen LogP contribution >= 0.6 is 0 Å². The Morgan fingerprint density at radius 1 is 0.603 bits per heavy atom. The van der Waals surface area contributed by atoms with E-state index in [2.05, 4.69) is 189 Å². The van der Waals surface area contributed by atoms with E-state index in [1.807, 2.05) is 30.3 Å². The SMILES string of the molecule is Cn1c(-n2c3[c-]c(Oc4[c-]c(N5[CH-]N(c6cc(C(C)(C)C)cc(C(C)(C)C)c6)c6ccc7ccccc7c65)ccc4)ccc3c3ccccc32)nc2ccccc21.[Pt]. The van der Waals surface area contributed by atoms with E-state index in [1.165, 1.54) is 21.9 Å². The second-order valence-electron chi connectivity index (χ2n) is 17.2. The monoisotopic (exact) mass is 937 g/mol. The summed E-state index contributed by atoms with van der Waals surface area (Å²) in [6.07, 6.45) is 0. The maximum Gasteiger partial charge on any atom is 0.213 e. The van der Waals surface area contributed by atoms with E-state index >= 15 is 0 Å². The molecule has 7 aromatic carbocycles. The maximum atomic E-state index is 6.65. The van der Waals surface area contributed by atoms with Crippen LogP contribution in [0.5, 0.6) is 11.5 Å². The van der Waals surface area contributed by atoms with Crippen LogP contribution in [-0.4, -0.2) is 14.1 Å². The third kappa shape index (κ3) is 6.26. The normalized spacial score (nSPS) is 13.2. The summed E-state index contributed by atoms with van der Waals surface area (Å²) in [5.74, 6) is 2.03. The molecule has 0 aliphatic carbocycles. The number of aryl methyl sites for hydroxylation is 1. The molecule has 9 aromatic rings. The van der Waals surface area contributed by atoms with E-state index < -0.39 is 0 Å². The summed E-state index contributed by atoms with van der Waals surface area (Å²) in [7, 11) is 2.06. The Morgan fingerprint density at radius 3 is 2.02 bits per heavy atom. The van der Waals surface area contributed by atoms with E-state index in [1.54, 1.807) is 0 Å². The van der Waals surface area contributed by atoms with Crippen LogP contribution in [0.25, 0.3) is 49.6 Å². The van der Waals surface area contributed by atoms with Gasteiger partial charge >= 0.3 is 0 Å². The zero-order valence-electron chi connectivity index (χ0n) is 33.7. The molecular weight excluding hydrogens is 894 g/mol. The summed E-state index contributed by atoms with van der Waals surface area (Å²) in [4.78, 5) is 9.65. The molecule has 10 rings (SSSR count). The zero-order chi connectivity index (χ0) is 39.2. The summed E-state index contributed by atoms with van der Waals surface area (Å²) in [6.45, 7) is 15.9. The molecule has 58 heavy (non-hydrogen) atoms. The van der Waals surface area contributed by atoms with Gasteiger partial charge < -0.3 is 23.7 Å². The number of hydrogen-bond acceptors (Lipinski definition) is 4. The number of rotatable bonds is 5. The standard InChI is InChI=1S/C51H44N5O.Pt/c1-50(2,3)34-27-35(51(4,5)6)29-37(28-34)54-32-55(48-40-18-9-8-15-33(40)23-26-46(48)54)36-16-14-17-38(30-36)57-39-24-25-42-41-19-10-12-21-44(41)56(47(42)31-39)49-52-43-20-11-13-22-45(43)53(49)7;/h8-29,32H,1-7H3;/q-3;. The molecule has 292 valence electrons. The van der Waals surface area contributed by atoms with Crippen LogP contribution in [0.2, 0.25) is 0 Å². The van der Waals surface area contributed by atoms with Gasteiger partial charge in [-0.05, 0) is 69.1 Å². The fraction of sp³-hybridized carbons (Fsp3) is 0.176. The minimum absolute atomic E-state index is 0. The van der Waals surface area contributed by atoms with Crippen molar-refractivity contribution in [3.05, 3.63) is 163 Å². The summed E-state index contributed by atoms with van der Waals surface area (Å²) >= 11 is 0. The van der Waals surface area contributed by atoms with E-state index in [0.29, 0.717) is 11.5 Å². The summed E-state index contributed by atoms with van der Waals surface area (Å²) in [5.41, 5.74) is 10.8. The summed E-state index contributed by atoms with van der Waals surface area (Å²) in [6, 6.07) is 54.3. The van der Waals surface area contributed by atoms with Crippen molar-refractivity contribution < 1.29 is 25.8 Å². The fourth-order valence-electron chi connectivity index (χ4n) is 8.16. The molecule has 0 spiro atoms. The van der Waals surface area contributed by atoms with Gasteiger partial charge in [-0.3, -0.25) is 0 Å². The van der Waals surface area contributed by atoms with Crippen LogP contribution in [0.4, 0.5) is 22.7 Å². The Balaban J connectivity index is 0.00000436. The molecule has 1 aliphatic heterocycles. The predicted octanol–water partition coefficient (Wildman–Crippen LogP) is 13.2. The van der Waals surface area contributed by atoms with Crippen molar-refractivity contribution >= 4 is 66.4 Å². The van der Waals surface area contributed by atoms with Gasteiger partial charge in [0, 0.05) is 67.6 Å². The van der Waals surface area contributed by atoms with E-state index in [9.17, 15) is 0 Å². The zero-order valence-corrected chi connectivity index (χ0v) is 36.0. The van der Waals surface area contributed by atoms with Crippen LogP contribution in [0.15, 0.2) is 133 Å². The van der Waals surface area contributed by atoms with Crippen LogP contribution in [0, 0.1) is 18.8 Å². The average molecular weight is 938 g/mol. The van der Waals surface area contributed by atoms with E-state index in [0.717, 1.165) is 61.5 Å². The van der Waals surface area contributed by atoms with Gasteiger partial charge in [0.05, 0.1) is 11.0 Å². The number of aromatic nitrogens is 3. The van der Waals surface area contributed by atoms with Crippen LogP contribution in [-0.2, 0) is 38.9 Å². The third-order valence-corrected chi connectivity index (χ3v) is 11.3. The van der Waals surface area contributed by atoms with Crippen molar-refractivity contribution in [3.8, 4) is 17.4 Å². The molecule has 1 aliphatic rings. The minimum atomic E-state index is -0.0129. The van der Waals surface area contributed by atoms with Gasteiger partial charge in [-0.25, -0.2) is 4.98 Å². The molecule has 3 heterocycles. The molecule has 0 unspecified atom stereocenters. The number of nitrogens with zero attached hydrogens (tertiary/aromatic N) is 5. The van der Waals surface area contributed by atoms with Crippen LogP contribution in [0.3, 0.4) is 0 Å². The number of ether oxygens (including phenoxy) is 1. The molecule has 0 saturated carbocycles. The van der Waals surface area contributed by atoms with E-state index in [-0.39, 0.29) is 31.9 Å². The summed E-state index contributed by atoms with van der Waals surface area (Å²) < 4.78 is 11.0. The van der Waals surface area contributed by atoms with Gasteiger partial charge in [-0.1, -0.05) is 114 Å². The first-order valence-electron chi connectivity index (χ1n) is 19.6. The minimum Gasteiger partial charge on any atom is -0.509 e. The number of anilines is 4. The number of fused-ring (bicyclic) bond motifs is 7. The van der Waals surface area contributed by atoms with Gasteiger partial charge in [0.15, 0.2) is 0 Å². The molecule has 0 amide bonds. The van der Waals surface area contributed by atoms with Crippen molar-refractivity contribution in [1.82, 2.24) is 14.1 Å². The quantitative estimate of drug-likeness (QED) is 0.161. The van der Waals surface area contributed by atoms with Gasteiger partial charge in [-0.2, -0.15) is 12.1 Å². The fourth-order valence-corrected chi connectivity index (χ4v) is 8.16. The summed E-state index contributed by atoms with van der Waals surface area (Å²) in [5, 5.41) is 4.58. The molecular formula is C51H44N5OPt-3. The number of hydrogen-bond donors (Lipinski definition) is 0. The Kier molecular flexibility index (Phi) is 9.05. The van der Waals surface area contributed by atoms with Gasteiger partial charge in [-0.15, -0.1) is 48.1 Å². The smallest absolute Gasteiger partial charge is 0.213 e. The molecule has 2 aromatic heterocycles. The van der Waals surface area contributed by atoms with E-state index in [4.69, 9.17) is 9.72 Å². The number of benzene rings is 7. The van der Waals surface area contributed by atoms with Crippen molar-refractivity contribution in [3.63, 3.8) is 0 Å². The Labute approximate surface area is 354 Å². The van der Waals surface area contributed by atoms with Crippen molar-refractivity contribution in [2.75, 3.05) is 9.80 Å². The topological polar surface area (TPSA) is 38.5 Å². The Hall–Kier alpha value is -5.84. The van der Waals surface area contributed by atoms with Crippen molar-refractivity contribution in [1.29, 1.82) is 0 Å². The first-order valence-corrected chi connectivity index (χ1v) is 19.6. The Bertz CT molecular complexity index is 3000. The first kappa shape index (κ1) is 37.7. The largest absolute Gasteiger partial charge is 0.509 e. The Morgan fingerprint density at radius 2 is 1.28 bits per heavy atom. The first-order chi connectivity index (χ1) is 27.4. The molecule has 7 heteroatoms. The van der Waals surface area contributed by atoms with Gasteiger partial charge in [0.1, 0.15) is 0 Å². The molecule has 6 nitrogen and oxygen atoms in total. The maximum absolute atomic E-state index is 6.65.